The maximum Gasteiger partial charge on any atom is 0.325 e. The van der Waals surface area contributed by atoms with Gasteiger partial charge < -0.3 is 43.0 Å². The molecular formula is C33H37FN2O11. The second-order valence-corrected chi connectivity index (χ2v) is 9.73. The minimum Gasteiger partial charge on any atom is -0.489 e. The minimum atomic E-state index is -0.667. The second-order valence-electron chi connectivity index (χ2n) is 9.73. The van der Waals surface area contributed by atoms with Gasteiger partial charge in [0.2, 0.25) is 0 Å². The van der Waals surface area contributed by atoms with Crippen LogP contribution < -0.4 is 24.0 Å². The van der Waals surface area contributed by atoms with Crippen molar-refractivity contribution < 1.29 is 56.7 Å². The lowest BCUT2D eigenvalue weighted by molar-refractivity contribution is -0.141. The zero-order chi connectivity index (χ0) is 34.2. The van der Waals surface area contributed by atoms with E-state index >= 15 is 0 Å². The fourth-order valence-corrected chi connectivity index (χ4v) is 4.19. The van der Waals surface area contributed by atoms with E-state index in [0.717, 1.165) is 17.7 Å². The van der Waals surface area contributed by atoms with E-state index in [2.05, 4.69) is 0 Å². The molecule has 0 unspecified atom stereocenters. The van der Waals surface area contributed by atoms with Crippen molar-refractivity contribution in [3.63, 3.8) is 0 Å². The lowest BCUT2D eigenvalue weighted by Gasteiger charge is -2.26. The number of hydrogen-bond donors (Lipinski definition) is 0. The van der Waals surface area contributed by atoms with Crippen molar-refractivity contribution in [1.82, 2.24) is 0 Å². The molecule has 0 aromatic heterocycles. The van der Waals surface area contributed by atoms with Gasteiger partial charge in [-0.1, -0.05) is 30.3 Å². The lowest BCUT2D eigenvalue weighted by Crippen LogP contribution is -2.36. The van der Waals surface area contributed by atoms with Crippen molar-refractivity contribution in [3.8, 4) is 17.2 Å². The van der Waals surface area contributed by atoms with Gasteiger partial charge in [-0.2, -0.15) is 0 Å². The molecule has 0 saturated heterocycles. The average molecular weight is 657 g/mol. The first-order valence-corrected chi connectivity index (χ1v) is 14.3. The molecule has 0 aliphatic rings. The third kappa shape index (κ3) is 11.4. The van der Waals surface area contributed by atoms with Crippen LogP contribution in [0.2, 0.25) is 0 Å². The van der Waals surface area contributed by atoms with Crippen molar-refractivity contribution >= 4 is 35.3 Å². The summed E-state index contributed by atoms with van der Waals surface area (Å²) in [7, 11) is 4.83. The van der Waals surface area contributed by atoms with Gasteiger partial charge in [0.25, 0.3) is 0 Å². The van der Waals surface area contributed by atoms with Gasteiger partial charge in [0.15, 0.2) is 0 Å². The Balaban J connectivity index is 1.83. The number of anilines is 2. The molecule has 0 spiro atoms. The third-order valence-corrected chi connectivity index (χ3v) is 6.57. The van der Waals surface area contributed by atoms with Crippen LogP contribution in [0, 0.1) is 5.82 Å². The number of rotatable bonds is 18. The van der Waals surface area contributed by atoms with E-state index in [9.17, 15) is 23.6 Å². The Kier molecular flexibility index (Phi) is 14.1. The minimum absolute atomic E-state index is 0.0493. The zero-order valence-corrected chi connectivity index (χ0v) is 26.6. The van der Waals surface area contributed by atoms with E-state index < -0.39 is 29.7 Å². The van der Waals surface area contributed by atoms with Crippen LogP contribution in [0.25, 0.3) is 0 Å². The van der Waals surface area contributed by atoms with E-state index in [1.165, 1.54) is 44.3 Å². The first-order chi connectivity index (χ1) is 22.7. The summed E-state index contributed by atoms with van der Waals surface area (Å²) in [6.07, 6.45) is 0. The molecule has 0 bridgehead atoms. The van der Waals surface area contributed by atoms with Crippen molar-refractivity contribution in [1.29, 1.82) is 0 Å². The predicted octanol–water partition coefficient (Wildman–Crippen LogP) is 3.17. The Hall–Kier alpha value is -5.53. The maximum absolute atomic E-state index is 14.3. The first-order valence-electron chi connectivity index (χ1n) is 14.3. The summed E-state index contributed by atoms with van der Waals surface area (Å²) in [5.74, 6) is -2.29. The van der Waals surface area contributed by atoms with Gasteiger partial charge >= 0.3 is 23.9 Å². The highest BCUT2D eigenvalue weighted by Crippen LogP contribution is 2.34. The Morgan fingerprint density at radius 3 is 1.49 bits per heavy atom. The van der Waals surface area contributed by atoms with Crippen LogP contribution >= 0.6 is 0 Å². The van der Waals surface area contributed by atoms with E-state index in [1.54, 1.807) is 18.2 Å². The molecule has 0 saturated carbocycles. The molecule has 0 radical (unpaired) electrons. The van der Waals surface area contributed by atoms with Crippen molar-refractivity contribution in [2.45, 2.75) is 6.61 Å². The molecule has 0 atom stereocenters. The number of nitrogens with zero attached hydrogens (tertiary/aromatic N) is 2. The second kappa shape index (κ2) is 18.4. The Morgan fingerprint density at radius 2 is 1.02 bits per heavy atom. The van der Waals surface area contributed by atoms with E-state index in [-0.39, 0.29) is 63.2 Å². The number of hydrogen-bond acceptors (Lipinski definition) is 13. The largest absolute Gasteiger partial charge is 0.489 e. The number of carbonyl (C=O) groups is 4. The number of methoxy groups -OCH3 is 4. The molecule has 0 heterocycles. The van der Waals surface area contributed by atoms with Crippen molar-refractivity contribution in [3.05, 3.63) is 78.1 Å². The summed E-state index contributed by atoms with van der Waals surface area (Å²) in [5, 5.41) is 0. The van der Waals surface area contributed by atoms with Crippen LogP contribution in [0.1, 0.15) is 5.56 Å². The van der Waals surface area contributed by atoms with Gasteiger partial charge in [-0.05, 0) is 29.8 Å². The predicted molar refractivity (Wildman–Crippen MR) is 167 cm³/mol. The molecule has 3 aromatic carbocycles. The lowest BCUT2D eigenvalue weighted by atomic mass is 10.2. The standard InChI is InChI=1S/C33H37FN2O11/c1-41-30(37)18-35(19-31(38)42-2)26-16-24(34)10-12-28(26)45-14-15-46-29-13-11-25(47-22-23-8-6-5-7-9-23)17-27(29)36(20-32(39)43-3)21-33(40)44-4/h5-13,16-17H,14-15,18-22H2,1-4H3. The van der Waals surface area contributed by atoms with Crippen LogP contribution in [0.3, 0.4) is 0 Å². The van der Waals surface area contributed by atoms with Gasteiger partial charge in [-0.15, -0.1) is 0 Å². The molecule has 14 heteroatoms. The monoisotopic (exact) mass is 656 g/mol. The fraction of sp³-hybridized carbons (Fsp3) is 0.333. The number of esters is 4. The number of carbonyl (C=O) groups excluding carboxylic acids is 4. The third-order valence-electron chi connectivity index (χ3n) is 6.57. The highest BCUT2D eigenvalue weighted by molar-refractivity contribution is 5.83. The Bertz CT molecular complexity index is 1470. The fourth-order valence-electron chi connectivity index (χ4n) is 4.19. The molecule has 0 N–H and O–H groups in total. The van der Waals surface area contributed by atoms with Crippen LogP contribution in [-0.2, 0) is 44.7 Å². The summed E-state index contributed by atoms with van der Waals surface area (Å²) in [5.41, 5.74) is 1.39. The quantitative estimate of drug-likeness (QED) is 0.113. The number of benzene rings is 3. The van der Waals surface area contributed by atoms with Gasteiger partial charge in [0.1, 0.15) is 69.1 Å². The molecule has 13 nitrogen and oxygen atoms in total. The van der Waals surface area contributed by atoms with E-state index in [4.69, 9.17) is 33.2 Å². The van der Waals surface area contributed by atoms with Crippen molar-refractivity contribution in [2.75, 3.05) is 77.6 Å². The smallest absolute Gasteiger partial charge is 0.325 e. The first kappa shape index (κ1) is 35.9. The van der Waals surface area contributed by atoms with Gasteiger partial charge in [-0.25, -0.2) is 4.39 Å². The molecule has 0 amide bonds. The molecule has 0 fully saturated rings. The van der Waals surface area contributed by atoms with Gasteiger partial charge in [0.05, 0.1) is 39.8 Å². The maximum atomic E-state index is 14.3. The topological polar surface area (TPSA) is 139 Å². The summed E-state index contributed by atoms with van der Waals surface area (Å²) >= 11 is 0. The summed E-state index contributed by atoms with van der Waals surface area (Å²) in [6.45, 7) is -1.19. The number of ether oxygens (including phenoxy) is 7. The van der Waals surface area contributed by atoms with Crippen LogP contribution in [-0.4, -0.2) is 91.7 Å². The molecule has 252 valence electrons. The zero-order valence-electron chi connectivity index (χ0n) is 26.6. The van der Waals surface area contributed by atoms with Gasteiger partial charge in [0, 0.05) is 12.1 Å². The van der Waals surface area contributed by atoms with E-state index in [1.807, 2.05) is 30.3 Å². The van der Waals surface area contributed by atoms with Crippen molar-refractivity contribution in [2.24, 2.45) is 0 Å². The molecule has 0 aliphatic heterocycles. The molecule has 3 rings (SSSR count). The summed E-state index contributed by atoms with van der Waals surface area (Å²) in [4.78, 5) is 51.3. The Labute approximate surface area is 271 Å². The molecule has 47 heavy (non-hydrogen) atoms. The summed E-state index contributed by atoms with van der Waals surface area (Å²) in [6, 6.07) is 18.1. The highest BCUT2D eigenvalue weighted by atomic mass is 19.1. The van der Waals surface area contributed by atoms with Crippen LogP contribution in [0.5, 0.6) is 17.2 Å². The SMILES string of the molecule is COC(=O)CN(CC(=O)OC)c1cc(F)ccc1OCCOc1ccc(OCc2ccccc2)cc1N(CC(=O)OC)CC(=O)OC. The van der Waals surface area contributed by atoms with Gasteiger partial charge in [-0.3, -0.25) is 19.2 Å². The normalized spacial score (nSPS) is 10.3. The van der Waals surface area contributed by atoms with Crippen LogP contribution in [0.4, 0.5) is 15.8 Å². The number of halogens is 1. The molecule has 3 aromatic rings. The molecule has 0 aliphatic carbocycles. The van der Waals surface area contributed by atoms with Crippen LogP contribution in [0.15, 0.2) is 66.7 Å². The molecular weight excluding hydrogens is 619 g/mol. The van der Waals surface area contributed by atoms with E-state index in [0.29, 0.717) is 11.4 Å². The summed E-state index contributed by atoms with van der Waals surface area (Å²) < 4.78 is 51.2. The highest BCUT2D eigenvalue weighted by Gasteiger charge is 2.23. The Morgan fingerprint density at radius 1 is 0.574 bits per heavy atom. The average Bonchev–Trinajstić information content (AvgIpc) is 3.09.